The molecule has 1 aromatic heterocycles. The molecule has 1 N–H and O–H groups in total. The minimum absolute atomic E-state index is 0.288. The number of nitrogens with one attached hydrogen (secondary N) is 1. The molecule has 0 fully saturated rings. The molecule has 0 unspecified atom stereocenters. The van der Waals surface area contributed by atoms with Crippen molar-refractivity contribution in [1.82, 2.24) is 0 Å². The van der Waals surface area contributed by atoms with Crippen LogP contribution in [0, 0.1) is 11.3 Å². The second kappa shape index (κ2) is 8.28. The molecule has 0 saturated carbocycles. The fourth-order valence-corrected chi connectivity index (χ4v) is 4.41. The Hall–Kier alpha value is -2.78. The predicted octanol–water partition coefficient (Wildman–Crippen LogP) is 4.25. The van der Waals surface area contributed by atoms with Gasteiger partial charge in [-0.05, 0) is 55.9 Å². The molecule has 1 aliphatic carbocycles. The zero-order valence-electron chi connectivity index (χ0n) is 15.5. The third-order valence-corrected chi connectivity index (χ3v) is 5.76. The zero-order valence-corrected chi connectivity index (χ0v) is 16.3. The topological polar surface area (TPSA) is 71.3 Å². The van der Waals surface area contributed by atoms with Crippen LogP contribution >= 0.6 is 11.3 Å². The average molecular weight is 382 g/mol. The van der Waals surface area contributed by atoms with E-state index < -0.39 is 6.10 Å². The molecule has 1 aromatic carbocycles. The van der Waals surface area contributed by atoms with Gasteiger partial charge in [-0.2, -0.15) is 5.26 Å². The van der Waals surface area contributed by atoms with Crippen LogP contribution in [0.25, 0.3) is 0 Å². The highest BCUT2D eigenvalue weighted by atomic mass is 32.1. The highest BCUT2D eigenvalue weighted by Crippen LogP contribution is 2.38. The van der Waals surface area contributed by atoms with Crippen LogP contribution in [0.1, 0.15) is 34.9 Å². The largest absolute Gasteiger partial charge is 0.493 e. The molecule has 0 radical (unpaired) electrons. The number of allylic oxidation sites excluding steroid dienone is 1. The third-order valence-electron chi connectivity index (χ3n) is 4.55. The number of nitrogens with zero attached hydrogens (tertiary/aromatic N) is 1. The van der Waals surface area contributed by atoms with Crippen LogP contribution in [0.4, 0.5) is 5.00 Å². The van der Waals surface area contributed by atoms with Gasteiger partial charge in [-0.25, -0.2) is 0 Å². The fraction of sp³-hybridized carbons (Fsp3) is 0.333. The summed E-state index contributed by atoms with van der Waals surface area (Å²) in [7, 11) is 1.57. The summed E-state index contributed by atoms with van der Waals surface area (Å²) in [4.78, 5) is 13.8. The Morgan fingerprint density at radius 3 is 2.96 bits per heavy atom. The summed E-state index contributed by atoms with van der Waals surface area (Å²) in [5.74, 6) is 0.785. The van der Waals surface area contributed by atoms with Crippen LogP contribution in [0.15, 0.2) is 30.9 Å². The first-order valence-corrected chi connectivity index (χ1v) is 9.69. The Kier molecular flexibility index (Phi) is 5.82. The Morgan fingerprint density at radius 2 is 2.26 bits per heavy atom. The van der Waals surface area contributed by atoms with E-state index in [0.717, 1.165) is 36.8 Å². The monoisotopic (exact) mass is 382 g/mol. The van der Waals surface area contributed by atoms with E-state index in [1.165, 1.54) is 16.2 Å². The number of rotatable bonds is 7. The molecule has 140 valence electrons. The number of nitriles is 1. The summed E-state index contributed by atoms with van der Waals surface area (Å²) < 4.78 is 11.2. The minimum atomic E-state index is -0.729. The van der Waals surface area contributed by atoms with E-state index in [1.807, 2.05) is 18.2 Å². The minimum Gasteiger partial charge on any atom is -0.493 e. The van der Waals surface area contributed by atoms with Gasteiger partial charge in [0.15, 0.2) is 17.6 Å². The van der Waals surface area contributed by atoms with Crippen molar-refractivity contribution < 1.29 is 14.3 Å². The van der Waals surface area contributed by atoms with E-state index in [4.69, 9.17) is 9.47 Å². The first kappa shape index (κ1) is 19.0. The van der Waals surface area contributed by atoms with E-state index >= 15 is 0 Å². The zero-order chi connectivity index (χ0) is 19.4. The fourth-order valence-electron chi connectivity index (χ4n) is 3.17. The van der Waals surface area contributed by atoms with Crippen LogP contribution in [0.2, 0.25) is 0 Å². The Labute approximate surface area is 163 Å². The maximum Gasteiger partial charge on any atom is 0.265 e. The van der Waals surface area contributed by atoms with Gasteiger partial charge in [-0.15, -0.1) is 17.9 Å². The van der Waals surface area contributed by atoms with Crippen LogP contribution < -0.4 is 14.8 Å². The molecule has 5 nitrogen and oxygen atoms in total. The number of aryl methyl sites for hydroxylation is 1. The third kappa shape index (κ3) is 3.99. The molecule has 1 amide bonds. The first-order valence-electron chi connectivity index (χ1n) is 8.87. The number of hydrogen-bond donors (Lipinski definition) is 1. The lowest BCUT2D eigenvalue weighted by Gasteiger charge is -2.17. The molecular formula is C21H22N2O3S. The van der Waals surface area contributed by atoms with Crippen LogP contribution in [-0.2, 0) is 24.1 Å². The number of carbonyl (C=O) groups is 1. The lowest BCUT2D eigenvalue weighted by atomic mass is 10.1. The molecule has 0 aliphatic heterocycles. The standard InChI is InChI=1S/C21H22N2O3S/c1-4-6-14-9-10-17(18(11-14)25-3)26-13(2)20(24)23-21-16(12-22)15-7-5-8-19(15)27-21/h4,9-11,13H,1,5-8H2,2-3H3,(H,23,24)/t13-/m1/s1. The van der Waals surface area contributed by atoms with Crippen molar-refractivity contribution in [2.24, 2.45) is 0 Å². The predicted molar refractivity (Wildman–Crippen MR) is 107 cm³/mol. The van der Waals surface area contributed by atoms with E-state index in [-0.39, 0.29) is 5.91 Å². The Balaban J connectivity index is 1.72. The van der Waals surface area contributed by atoms with Gasteiger partial charge >= 0.3 is 0 Å². The second-order valence-corrected chi connectivity index (χ2v) is 7.51. The number of methoxy groups -OCH3 is 1. The van der Waals surface area contributed by atoms with E-state index in [2.05, 4.69) is 18.0 Å². The van der Waals surface area contributed by atoms with Crippen LogP contribution in [0.3, 0.4) is 0 Å². The van der Waals surface area contributed by atoms with Crippen molar-refractivity contribution in [3.8, 4) is 17.6 Å². The molecule has 1 atom stereocenters. The lowest BCUT2D eigenvalue weighted by Crippen LogP contribution is -2.30. The summed E-state index contributed by atoms with van der Waals surface area (Å²) in [6.45, 7) is 5.41. The molecule has 1 aliphatic rings. The number of fused-ring (bicyclic) bond motifs is 1. The molecule has 6 heteroatoms. The van der Waals surface area contributed by atoms with E-state index in [9.17, 15) is 10.1 Å². The summed E-state index contributed by atoms with van der Waals surface area (Å²) in [5, 5.41) is 12.9. The number of carbonyl (C=O) groups excluding carboxylic acids is 1. The maximum absolute atomic E-state index is 12.6. The molecule has 1 heterocycles. The number of benzene rings is 1. The van der Waals surface area contributed by atoms with E-state index in [1.54, 1.807) is 20.1 Å². The average Bonchev–Trinajstić information content (AvgIpc) is 3.23. The number of hydrogen-bond acceptors (Lipinski definition) is 5. The van der Waals surface area contributed by atoms with Crippen LogP contribution in [-0.4, -0.2) is 19.1 Å². The van der Waals surface area contributed by atoms with Crippen molar-refractivity contribution in [3.63, 3.8) is 0 Å². The second-order valence-electron chi connectivity index (χ2n) is 6.40. The lowest BCUT2D eigenvalue weighted by molar-refractivity contribution is -0.122. The summed E-state index contributed by atoms with van der Waals surface area (Å²) in [6.07, 6.45) is 4.78. The van der Waals surface area contributed by atoms with Gasteiger partial charge in [0.25, 0.3) is 5.91 Å². The van der Waals surface area contributed by atoms with Crippen molar-refractivity contribution in [3.05, 3.63) is 52.4 Å². The van der Waals surface area contributed by atoms with Gasteiger partial charge in [0.2, 0.25) is 0 Å². The van der Waals surface area contributed by atoms with E-state index in [0.29, 0.717) is 22.1 Å². The normalized spacial score (nSPS) is 13.4. The SMILES string of the molecule is C=CCc1ccc(O[C@H](C)C(=O)Nc2sc3c(c2C#N)CCC3)c(OC)c1. The molecule has 3 rings (SSSR count). The van der Waals surface area contributed by atoms with Gasteiger partial charge in [-0.1, -0.05) is 12.1 Å². The number of anilines is 1. The number of amides is 1. The maximum atomic E-state index is 12.6. The molecular weight excluding hydrogens is 360 g/mol. The smallest absolute Gasteiger partial charge is 0.265 e. The van der Waals surface area contributed by atoms with Crippen molar-refractivity contribution in [2.75, 3.05) is 12.4 Å². The molecule has 27 heavy (non-hydrogen) atoms. The van der Waals surface area contributed by atoms with Gasteiger partial charge in [0.1, 0.15) is 11.1 Å². The van der Waals surface area contributed by atoms with Gasteiger partial charge < -0.3 is 14.8 Å². The highest BCUT2D eigenvalue weighted by molar-refractivity contribution is 7.16. The number of thiophene rings is 1. The van der Waals surface area contributed by atoms with Crippen molar-refractivity contribution in [2.45, 2.75) is 38.7 Å². The van der Waals surface area contributed by atoms with Gasteiger partial charge in [0.05, 0.1) is 12.7 Å². The first-order chi connectivity index (χ1) is 13.1. The molecule has 0 spiro atoms. The Morgan fingerprint density at radius 1 is 1.44 bits per heavy atom. The highest BCUT2D eigenvalue weighted by Gasteiger charge is 2.25. The summed E-state index contributed by atoms with van der Waals surface area (Å²) in [5.41, 5.74) is 2.74. The molecule has 2 aromatic rings. The Bertz CT molecular complexity index is 911. The van der Waals surface area contributed by atoms with Gasteiger partial charge in [0, 0.05) is 4.88 Å². The molecule has 0 bridgehead atoms. The number of ether oxygens (including phenoxy) is 2. The van der Waals surface area contributed by atoms with Crippen molar-refractivity contribution >= 4 is 22.2 Å². The summed E-state index contributed by atoms with van der Waals surface area (Å²) in [6, 6.07) is 7.82. The van der Waals surface area contributed by atoms with Crippen LogP contribution in [0.5, 0.6) is 11.5 Å². The van der Waals surface area contributed by atoms with Crippen molar-refractivity contribution in [1.29, 1.82) is 5.26 Å². The molecule has 0 saturated heterocycles. The summed E-state index contributed by atoms with van der Waals surface area (Å²) >= 11 is 1.50. The quantitative estimate of drug-likeness (QED) is 0.727. The van der Waals surface area contributed by atoms with Gasteiger partial charge in [-0.3, -0.25) is 4.79 Å².